The van der Waals surface area contributed by atoms with E-state index < -0.39 is 0 Å². The van der Waals surface area contributed by atoms with E-state index in [4.69, 9.17) is 18.9 Å². The van der Waals surface area contributed by atoms with Gasteiger partial charge in [-0.25, -0.2) is 0 Å². The third-order valence-corrected chi connectivity index (χ3v) is 4.08. The Kier molecular flexibility index (Phi) is 4.56. The summed E-state index contributed by atoms with van der Waals surface area (Å²) in [5.74, 6) is 0.274. The second-order valence-electron chi connectivity index (χ2n) is 6.44. The summed E-state index contributed by atoms with van der Waals surface area (Å²) >= 11 is 0. The lowest BCUT2D eigenvalue weighted by molar-refractivity contribution is -0.210. The predicted molar refractivity (Wildman–Crippen MR) is 73.3 cm³/mol. The van der Waals surface area contributed by atoms with Crippen LogP contribution in [0, 0.1) is 5.92 Å². The summed E-state index contributed by atoms with van der Waals surface area (Å²) in [4.78, 5) is 0. The third kappa shape index (κ3) is 2.82. The van der Waals surface area contributed by atoms with E-state index in [1.54, 1.807) is 0 Å². The van der Waals surface area contributed by atoms with Crippen LogP contribution >= 0.6 is 0 Å². The van der Waals surface area contributed by atoms with Gasteiger partial charge >= 0.3 is 0 Å². The van der Waals surface area contributed by atoms with Gasteiger partial charge in [0, 0.05) is 5.92 Å². The minimum Gasteiger partial charge on any atom is -0.376 e. The van der Waals surface area contributed by atoms with E-state index in [0.29, 0.717) is 13.2 Å². The predicted octanol–water partition coefficient (Wildman–Crippen LogP) is 2.40. The zero-order valence-electron chi connectivity index (χ0n) is 13.0. The average Bonchev–Trinajstić information content (AvgIpc) is 2.48. The number of hydrogen-bond donors (Lipinski definition) is 0. The van der Waals surface area contributed by atoms with Crippen molar-refractivity contribution in [3.05, 3.63) is 0 Å². The number of ether oxygens (including phenoxy) is 4. The van der Waals surface area contributed by atoms with Gasteiger partial charge in [0.05, 0.1) is 31.5 Å². The zero-order chi connectivity index (χ0) is 14.2. The smallest absolute Gasteiger partial charge is 0.125 e. The lowest BCUT2D eigenvalue weighted by atomic mass is 9.81. The monoisotopic (exact) mass is 272 g/mol. The minimum absolute atomic E-state index is 0.0226. The van der Waals surface area contributed by atoms with Crippen LogP contribution in [-0.4, -0.2) is 49.3 Å². The molecule has 2 rings (SSSR count). The summed E-state index contributed by atoms with van der Waals surface area (Å²) in [5.41, 5.74) is -0.364. The Hall–Kier alpha value is -0.160. The first-order valence-electron chi connectivity index (χ1n) is 7.43. The van der Waals surface area contributed by atoms with Crippen LogP contribution in [0.25, 0.3) is 0 Å². The average molecular weight is 272 g/mol. The van der Waals surface area contributed by atoms with Gasteiger partial charge in [0.15, 0.2) is 0 Å². The van der Waals surface area contributed by atoms with Crippen molar-refractivity contribution < 1.29 is 18.9 Å². The zero-order valence-corrected chi connectivity index (χ0v) is 13.0. The van der Waals surface area contributed by atoms with E-state index in [-0.39, 0.29) is 42.0 Å². The fraction of sp³-hybridized carbons (Fsp3) is 1.00. The van der Waals surface area contributed by atoms with Gasteiger partial charge in [-0.2, -0.15) is 0 Å². The van der Waals surface area contributed by atoms with Gasteiger partial charge in [0.1, 0.15) is 17.8 Å². The Morgan fingerprint density at radius 2 is 1.84 bits per heavy atom. The molecule has 2 bridgehead atoms. The van der Waals surface area contributed by atoms with Crippen molar-refractivity contribution in [3.63, 3.8) is 0 Å². The van der Waals surface area contributed by atoms with Gasteiger partial charge in [-0.1, -0.05) is 6.92 Å². The second-order valence-corrected chi connectivity index (χ2v) is 6.44. The molecule has 0 aromatic carbocycles. The summed E-state index contributed by atoms with van der Waals surface area (Å²) in [5, 5.41) is 0. The molecule has 0 aromatic rings. The van der Waals surface area contributed by atoms with Gasteiger partial charge in [0.2, 0.25) is 0 Å². The SMILES string of the molecule is CC(C)OC[C@]12O[C@@H](C)[C@@H](OC[C@H]1C)C2OC(C)C. The highest BCUT2D eigenvalue weighted by molar-refractivity contribution is 5.08. The highest BCUT2D eigenvalue weighted by atomic mass is 16.6. The molecule has 2 saturated heterocycles. The molecule has 0 aliphatic carbocycles. The Morgan fingerprint density at radius 3 is 2.42 bits per heavy atom. The summed E-state index contributed by atoms with van der Waals surface area (Å²) in [6.45, 7) is 13.7. The molecule has 112 valence electrons. The van der Waals surface area contributed by atoms with Crippen LogP contribution in [-0.2, 0) is 18.9 Å². The number of hydrogen-bond acceptors (Lipinski definition) is 4. The van der Waals surface area contributed by atoms with Crippen molar-refractivity contribution in [1.29, 1.82) is 0 Å². The third-order valence-electron chi connectivity index (χ3n) is 4.08. The molecule has 1 unspecified atom stereocenters. The maximum atomic E-state index is 6.27. The lowest BCUT2D eigenvalue weighted by Gasteiger charge is -2.44. The molecule has 19 heavy (non-hydrogen) atoms. The quantitative estimate of drug-likeness (QED) is 0.770. The molecule has 2 aliphatic rings. The van der Waals surface area contributed by atoms with Crippen LogP contribution in [0.3, 0.4) is 0 Å². The molecule has 5 atom stereocenters. The molecule has 0 saturated carbocycles. The Labute approximate surface area is 116 Å². The van der Waals surface area contributed by atoms with Crippen molar-refractivity contribution in [1.82, 2.24) is 0 Å². The van der Waals surface area contributed by atoms with Gasteiger partial charge in [-0.15, -0.1) is 0 Å². The molecule has 2 heterocycles. The van der Waals surface area contributed by atoms with Crippen LogP contribution < -0.4 is 0 Å². The number of rotatable bonds is 5. The molecule has 0 radical (unpaired) electrons. The molecule has 0 spiro atoms. The van der Waals surface area contributed by atoms with Crippen LogP contribution in [0.2, 0.25) is 0 Å². The van der Waals surface area contributed by atoms with Gasteiger partial charge in [-0.05, 0) is 34.6 Å². The van der Waals surface area contributed by atoms with Crippen molar-refractivity contribution in [2.75, 3.05) is 13.2 Å². The molecule has 0 N–H and O–H groups in total. The van der Waals surface area contributed by atoms with E-state index in [1.165, 1.54) is 0 Å². The summed E-state index contributed by atoms with van der Waals surface area (Å²) in [7, 11) is 0. The molecular weight excluding hydrogens is 244 g/mol. The van der Waals surface area contributed by atoms with Crippen LogP contribution in [0.4, 0.5) is 0 Å². The topological polar surface area (TPSA) is 36.9 Å². The van der Waals surface area contributed by atoms with Gasteiger partial charge in [-0.3, -0.25) is 0 Å². The second kappa shape index (κ2) is 5.68. The van der Waals surface area contributed by atoms with Crippen molar-refractivity contribution in [3.8, 4) is 0 Å². The van der Waals surface area contributed by atoms with Crippen molar-refractivity contribution >= 4 is 0 Å². The van der Waals surface area contributed by atoms with Crippen LogP contribution in [0.5, 0.6) is 0 Å². The van der Waals surface area contributed by atoms with Gasteiger partial charge in [0.25, 0.3) is 0 Å². The summed E-state index contributed by atoms with van der Waals surface area (Å²) in [6, 6.07) is 0. The van der Waals surface area contributed by atoms with Gasteiger partial charge < -0.3 is 18.9 Å². The Bertz CT molecular complexity index is 305. The maximum absolute atomic E-state index is 6.27. The Morgan fingerprint density at radius 1 is 1.16 bits per heavy atom. The molecule has 4 nitrogen and oxygen atoms in total. The fourth-order valence-electron chi connectivity index (χ4n) is 3.06. The molecule has 2 fully saturated rings. The van der Waals surface area contributed by atoms with E-state index in [0.717, 1.165) is 0 Å². The van der Waals surface area contributed by atoms with E-state index in [9.17, 15) is 0 Å². The normalized spacial score (nSPS) is 42.3. The highest BCUT2D eigenvalue weighted by Gasteiger charge is 2.61. The van der Waals surface area contributed by atoms with Crippen molar-refractivity contribution in [2.45, 2.75) is 77.7 Å². The van der Waals surface area contributed by atoms with E-state index in [2.05, 4.69) is 41.5 Å². The lowest BCUT2D eigenvalue weighted by Crippen LogP contribution is -2.59. The fourth-order valence-corrected chi connectivity index (χ4v) is 3.06. The molecule has 2 aliphatic heterocycles. The Balaban J connectivity index is 2.21. The maximum Gasteiger partial charge on any atom is 0.125 e. The molecule has 0 amide bonds. The molecular formula is C15H28O4. The first kappa shape index (κ1) is 15.2. The minimum atomic E-state index is -0.364. The highest BCUT2D eigenvalue weighted by Crippen LogP contribution is 2.45. The number of fused-ring (bicyclic) bond motifs is 2. The van der Waals surface area contributed by atoms with Crippen molar-refractivity contribution in [2.24, 2.45) is 5.92 Å². The first-order chi connectivity index (χ1) is 8.86. The summed E-state index contributed by atoms with van der Waals surface area (Å²) in [6.07, 6.45) is 0.402. The molecule has 4 heteroatoms. The van der Waals surface area contributed by atoms with Crippen LogP contribution in [0.15, 0.2) is 0 Å². The summed E-state index contributed by atoms with van der Waals surface area (Å²) < 4.78 is 24.2. The van der Waals surface area contributed by atoms with E-state index >= 15 is 0 Å². The first-order valence-corrected chi connectivity index (χ1v) is 7.43. The largest absolute Gasteiger partial charge is 0.376 e. The molecule has 0 aromatic heterocycles. The van der Waals surface area contributed by atoms with Crippen LogP contribution in [0.1, 0.15) is 41.5 Å². The van der Waals surface area contributed by atoms with E-state index in [1.807, 2.05) is 0 Å². The standard InChI is InChI=1S/C15H28O4/c1-9(2)17-8-15-11(5)7-16-13(12(6)19-15)14(15)18-10(3)4/h9-14H,7-8H2,1-6H3/t11-,12+,13-,14?,15+/m1/s1.